The number of carbonyl (C=O) groups excluding carboxylic acids is 1. The zero-order chi connectivity index (χ0) is 14.1. The number of aldehydes is 1. The van der Waals surface area contributed by atoms with Crippen molar-refractivity contribution >= 4 is 14.6 Å². The number of carbonyl (C=O) groups is 1. The van der Waals surface area contributed by atoms with Crippen LogP contribution in [0.5, 0.6) is 5.75 Å². The Morgan fingerprint density at radius 1 is 1.28 bits per heavy atom. The summed E-state index contributed by atoms with van der Waals surface area (Å²) in [7, 11) is -2.15. The first kappa shape index (κ1) is 14.9. The molecule has 0 amide bonds. The molecule has 1 rings (SSSR count). The Morgan fingerprint density at radius 2 is 1.83 bits per heavy atom. The molecule has 2 nitrogen and oxygen atoms in total. The Balaban J connectivity index is 3.27. The van der Waals surface area contributed by atoms with Gasteiger partial charge in [-0.15, -0.1) is 0 Å². The highest BCUT2D eigenvalue weighted by atomic mass is 28.4. The van der Waals surface area contributed by atoms with E-state index in [0.717, 1.165) is 5.56 Å². The van der Waals surface area contributed by atoms with E-state index >= 15 is 0 Å². The van der Waals surface area contributed by atoms with Gasteiger partial charge in [0.05, 0.1) is 5.56 Å². The maximum absolute atomic E-state index is 13.9. The van der Waals surface area contributed by atoms with Gasteiger partial charge in [-0.3, -0.25) is 4.79 Å². The second-order valence-corrected chi connectivity index (χ2v) is 10.8. The zero-order valence-electron chi connectivity index (χ0n) is 11.9. The van der Waals surface area contributed by atoms with Crippen molar-refractivity contribution in [2.24, 2.45) is 0 Å². The topological polar surface area (TPSA) is 26.3 Å². The van der Waals surface area contributed by atoms with E-state index in [4.69, 9.17) is 4.43 Å². The third kappa shape index (κ3) is 2.80. The molecular weight excluding hydrogens is 247 g/mol. The third-order valence-corrected chi connectivity index (χ3v) is 7.97. The van der Waals surface area contributed by atoms with Crippen molar-refractivity contribution in [3.63, 3.8) is 0 Å². The molecule has 0 aliphatic heterocycles. The van der Waals surface area contributed by atoms with Gasteiger partial charge in [0.25, 0.3) is 8.32 Å². The van der Waals surface area contributed by atoms with Crippen LogP contribution in [-0.2, 0) is 0 Å². The lowest BCUT2D eigenvalue weighted by atomic mass is 10.1. The van der Waals surface area contributed by atoms with Crippen molar-refractivity contribution in [1.82, 2.24) is 0 Å². The fourth-order valence-corrected chi connectivity index (χ4v) is 2.35. The molecule has 0 heterocycles. The SMILES string of the molecule is Cc1ccc(F)c(O[Si](C)(C)C(C)(C)C)c1C=O. The minimum Gasteiger partial charge on any atom is -0.541 e. The summed E-state index contributed by atoms with van der Waals surface area (Å²) in [6.07, 6.45) is 0.668. The van der Waals surface area contributed by atoms with Crippen LogP contribution >= 0.6 is 0 Å². The van der Waals surface area contributed by atoms with Crippen molar-refractivity contribution in [3.8, 4) is 5.75 Å². The van der Waals surface area contributed by atoms with Gasteiger partial charge in [-0.25, -0.2) is 4.39 Å². The monoisotopic (exact) mass is 268 g/mol. The molecule has 0 aromatic heterocycles. The summed E-state index contributed by atoms with van der Waals surface area (Å²) in [6.45, 7) is 12.1. The Bertz CT molecular complexity index is 462. The Labute approximate surface area is 109 Å². The lowest BCUT2D eigenvalue weighted by Gasteiger charge is -2.37. The van der Waals surface area contributed by atoms with Crippen LogP contribution < -0.4 is 4.43 Å². The summed E-state index contributed by atoms with van der Waals surface area (Å²) < 4.78 is 19.8. The smallest absolute Gasteiger partial charge is 0.250 e. The van der Waals surface area contributed by atoms with Crippen molar-refractivity contribution in [2.45, 2.75) is 45.8 Å². The molecule has 1 aromatic rings. The van der Waals surface area contributed by atoms with Crippen LogP contribution in [0.2, 0.25) is 18.1 Å². The van der Waals surface area contributed by atoms with Gasteiger partial charge < -0.3 is 4.43 Å². The van der Waals surface area contributed by atoms with Crippen LogP contribution in [0.25, 0.3) is 0 Å². The molecule has 0 saturated heterocycles. The molecule has 4 heteroatoms. The molecule has 0 aliphatic carbocycles. The predicted molar refractivity (Wildman–Crippen MR) is 74.3 cm³/mol. The standard InChI is InChI=1S/C14H21FO2Si/c1-10-7-8-12(15)13(11(10)9-16)17-18(5,6)14(2,3)4/h7-9H,1-6H3. The second kappa shape index (κ2) is 4.84. The van der Waals surface area contributed by atoms with E-state index in [2.05, 4.69) is 20.8 Å². The van der Waals surface area contributed by atoms with E-state index in [9.17, 15) is 9.18 Å². The van der Waals surface area contributed by atoms with Gasteiger partial charge in [0, 0.05) is 0 Å². The van der Waals surface area contributed by atoms with E-state index < -0.39 is 14.1 Å². The lowest BCUT2D eigenvalue weighted by molar-refractivity contribution is 0.112. The zero-order valence-corrected chi connectivity index (χ0v) is 12.9. The quantitative estimate of drug-likeness (QED) is 0.602. The van der Waals surface area contributed by atoms with Crippen LogP contribution in [0.15, 0.2) is 12.1 Å². The fraction of sp³-hybridized carbons (Fsp3) is 0.500. The van der Waals surface area contributed by atoms with Crippen LogP contribution in [0.1, 0.15) is 36.7 Å². The van der Waals surface area contributed by atoms with Gasteiger partial charge in [0.2, 0.25) is 0 Å². The highest BCUT2D eigenvalue weighted by Gasteiger charge is 2.40. The van der Waals surface area contributed by atoms with Gasteiger partial charge in [0.15, 0.2) is 17.9 Å². The van der Waals surface area contributed by atoms with Gasteiger partial charge in [0.1, 0.15) is 0 Å². The molecule has 0 radical (unpaired) electrons. The van der Waals surface area contributed by atoms with Crippen molar-refractivity contribution in [3.05, 3.63) is 29.1 Å². The number of aryl methyl sites for hydroxylation is 1. The average Bonchev–Trinajstić information content (AvgIpc) is 2.22. The molecule has 100 valence electrons. The number of hydrogen-bond acceptors (Lipinski definition) is 2. The van der Waals surface area contributed by atoms with E-state index in [1.54, 1.807) is 13.0 Å². The van der Waals surface area contributed by atoms with Crippen LogP contribution in [0, 0.1) is 12.7 Å². The molecule has 0 atom stereocenters. The van der Waals surface area contributed by atoms with Crippen LogP contribution in [0.3, 0.4) is 0 Å². The minimum atomic E-state index is -2.15. The first-order valence-electron chi connectivity index (χ1n) is 6.03. The molecule has 1 aromatic carbocycles. The highest BCUT2D eigenvalue weighted by Crippen LogP contribution is 2.39. The number of rotatable bonds is 3. The summed E-state index contributed by atoms with van der Waals surface area (Å²) in [5.41, 5.74) is 1.06. The van der Waals surface area contributed by atoms with Crippen molar-refractivity contribution in [1.29, 1.82) is 0 Å². The summed E-state index contributed by atoms with van der Waals surface area (Å²) >= 11 is 0. The molecule has 0 spiro atoms. The summed E-state index contributed by atoms with van der Waals surface area (Å²) in [6, 6.07) is 2.95. The van der Waals surface area contributed by atoms with E-state index in [1.807, 2.05) is 13.1 Å². The molecule has 0 N–H and O–H groups in total. The summed E-state index contributed by atoms with van der Waals surface area (Å²) in [5.74, 6) is -0.357. The molecule has 18 heavy (non-hydrogen) atoms. The Hall–Kier alpha value is -1.16. The Kier molecular flexibility index (Phi) is 4.01. The normalized spacial score (nSPS) is 12.4. The minimum absolute atomic E-state index is 0.0384. The molecule has 0 fully saturated rings. The first-order chi connectivity index (χ1) is 8.10. The van der Waals surface area contributed by atoms with E-state index in [0.29, 0.717) is 11.8 Å². The van der Waals surface area contributed by atoms with Crippen LogP contribution in [0.4, 0.5) is 4.39 Å². The maximum atomic E-state index is 13.9. The van der Waals surface area contributed by atoms with E-state index in [-0.39, 0.29) is 10.8 Å². The highest BCUT2D eigenvalue weighted by molar-refractivity contribution is 6.74. The number of halogens is 1. The molecule has 0 unspecified atom stereocenters. The number of hydrogen-bond donors (Lipinski definition) is 0. The van der Waals surface area contributed by atoms with E-state index in [1.165, 1.54) is 6.07 Å². The van der Waals surface area contributed by atoms with Crippen molar-refractivity contribution in [2.75, 3.05) is 0 Å². The molecule has 0 aliphatic rings. The molecular formula is C14H21FO2Si. The third-order valence-electron chi connectivity index (χ3n) is 3.65. The average molecular weight is 268 g/mol. The van der Waals surface area contributed by atoms with Crippen molar-refractivity contribution < 1.29 is 13.6 Å². The fourth-order valence-electron chi connectivity index (χ4n) is 1.33. The van der Waals surface area contributed by atoms with Gasteiger partial charge in [-0.05, 0) is 36.7 Å². The first-order valence-corrected chi connectivity index (χ1v) is 8.94. The molecule has 0 bridgehead atoms. The van der Waals surface area contributed by atoms with Gasteiger partial charge >= 0.3 is 0 Å². The van der Waals surface area contributed by atoms with Crippen LogP contribution in [-0.4, -0.2) is 14.6 Å². The maximum Gasteiger partial charge on any atom is 0.250 e. The Morgan fingerprint density at radius 3 is 2.28 bits per heavy atom. The van der Waals surface area contributed by atoms with Gasteiger partial charge in [-0.1, -0.05) is 26.8 Å². The number of benzene rings is 1. The predicted octanol–water partition coefficient (Wildman–Crippen LogP) is 4.33. The summed E-state index contributed by atoms with van der Waals surface area (Å²) in [5, 5.41) is -0.0384. The summed E-state index contributed by atoms with van der Waals surface area (Å²) in [4.78, 5) is 11.1. The largest absolute Gasteiger partial charge is 0.541 e. The lowest BCUT2D eigenvalue weighted by Crippen LogP contribution is -2.44. The van der Waals surface area contributed by atoms with Gasteiger partial charge in [-0.2, -0.15) is 0 Å². The second-order valence-electron chi connectivity index (χ2n) is 6.09. The molecule has 0 saturated carbocycles.